The van der Waals surface area contributed by atoms with Gasteiger partial charge in [0.1, 0.15) is 11.9 Å². The fraction of sp³-hybridized carbons (Fsp3) is 0.474. The summed E-state index contributed by atoms with van der Waals surface area (Å²) in [5.74, 6) is -1.42. The topological polar surface area (TPSA) is 89.5 Å². The molecule has 4 rings (SSSR count). The molecular formula is C19H20O8. The number of ether oxygens (including phenoxy) is 6. The quantitative estimate of drug-likeness (QED) is 0.576. The van der Waals surface area contributed by atoms with E-state index in [2.05, 4.69) is 0 Å². The van der Waals surface area contributed by atoms with E-state index < -0.39 is 48.4 Å². The number of esters is 2. The minimum atomic E-state index is -1.15. The molecule has 0 saturated carbocycles. The first-order valence-corrected chi connectivity index (χ1v) is 8.61. The fourth-order valence-corrected chi connectivity index (χ4v) is 3.38. The van der Waals surface area contributed by atoms with Gasteiger partial charge in [0.25, 0.3) is 0 Å². The Morgan fingerprint density at radius 2 is 1.85 bits per heavy atom. The van der Waals surface area contributed by atoms with E-state index in [1.165, 1.54) is 6.08 Å². The highest BCUT2D eigenvalue weighted by Crippen LogP contribution is 2.42. The van der Waals surface area contributed by atoms with Crippen LogP contribution in [0.2, 0.25) is 0 Å². The Bertz CT molecular complexity index is 768. The average Bonchev–Trinajstić information content (AvgIpc) is 3.21. The van der Waals surface area contributed by atoms with Crippen molar-refractivity contribution in [3.8, 4) is 5.75 Å². The predicted octanol–water partition coefficient (Wildman–Crippen LogP) is 1.42. The van der Waals surface area contributed by atoms with Crippen LogP contribution in [0.3, 0.4) is 0 Å². The second kappa shape index (κ2) is 6.63. The number of benzene rings is 1. The van der Waals surface area contributed by atoms with Crippen molar-refractivity contribution in [2.45, 2.75) is 50.3 Å². The number of methoxy groups -OCH3 is 1. The van der Waals surface area contributed by atoms with Gasteiger partial charge in [-0.2, -0.15) is 0 Å². The molecule has 0 amide bonds. The summed E-state index contributed by atoms with van der Waals surface area (Å²) >= 11 is 0. The highest BCUT2D eigenvalue weighted by atomic mass is 16.8. The molecule has 3 saturated heterocycles. The molecule has 5 unspecified atom stereocenters. The smallest absolute Gasteiger partial charge is 0.350 e. The van der Waals surface area contributed by atoms with Gasteiger partial charge in [0, 0.05) is 6.08 Å². The molecule has 0 N–H and O–H groups in total. The van der Waals surface area contributed by atoms with Crippen molar-refractivity contribution in [2.75, 3.05) is 7.11 Å². The summed E-state index contributed by atoms with van der Waals surface area (Å²) in [6.07, 6.45) is -0.919. The summed E-state index contributed by atoms with van der Waals surface area (Å²) in [6, 6.07) is 7.13. The van der Waals surface area contributed by atoms with E-state index in [1.54, 1.807) is 51.3 Å². The minimum Gasteiger partial charge on any atom is -0.497 e. The van der Waals surface area contributed by atoms with Crippen LogP contribution in [-0.2, 0) is 33.3 Å². The van der Waals surface area contributed by atoms with Crippen molar-refractivity contribution in [1.82, 2.24) is 0 Å². The summed E-state index contributed by atoms with van der Waals surface area (Å²) in [5.41, 5.74) is 0.787. The molecule has 1 aromatic carbocycles. The molecule has 0 radical (unpaired) electrons. The first kappa shape index (κ1) is 18.0. The number of hydrogen-bond acceptors (Lipinski definition) is 8. The lowest BCUT2D eigenvalue weighted by molar-refractivity contribution is -0.216. The molecule has 144 valence electrons. The third-order valence-electron chi connectivity index (χ3n) is 4.58. The Balaban J connectivity index is 1.38. The van der Waals surface area contributed by atoms with Crippen LogP contribution in [0.1, 0.15) is 19.4 Å². The van der Waals surface area contributed by atoms with E-state index in [9.17, 15) is 9.59 Å². The molecule has 0 aliphatic carbocycles. The van der Waals surface area contributed by atoms with Gasteiger partial charge in [0.05, 0.1) is 7.11 Å². The third-order valence-corrected chi connectivity index (χ3v) is 4.58. The molecule has 5 atom stereocenters. The van der Waals surface area contributed by atoms with Gasteiger partial charge in [-0.25, -0.2) is 9.59 Å². The standard InChI is InChI=1S/C19H20O8/c1-19(2)26-16-14-13(25-18(16)27-19)15(17(21)24-14)23-12(20)9-6-10-4-7-11(22-3)8-5-10/h4-9,13-16,18H,1-3H3. The van der Waals surface area contributed by atoms with E-state index in [-0.39, 0.29) is 0 Å². The monoisotopic (exact) mass is 376 g/mol. The molecular weight excluding hydrogens is 356 g/mol. The molecule has 1 aromatic rings. The Morgan fingerprint density at radius 1 is 1.11 bits per heavy atom. The molecule has 8 heteroatoms. The molecule has 0 spiro atoms. The summed E-state index contributed by atoms with van der Waals surface area (Å²) in [6.45, 7) is 3.50. The Labute approximate surface area is 155 Å². The van der Waals surface area contributed by atoms with Crippen molar-refractivity contribution >= 4 is 18.0 Å². The lowest BCUT2D eigenvalue weighted by Gasteiger charge is -2.21. The van der Waals surface area contributed by atoms with Crippen LogP contribution in [0.15, 0.2) is 30.3 Å². The molecule has 8 nitrogen and oxygen atoms in total. The summed E-state index contributed by atoms with van der Waals surface area (Å²) < 4.78 is 32.7. The maximum absolute atomic E-state index is 12.1. The number of fused-ring (bicyclic) bond motifs is 3. The van der Waals surface area contributed by atoms with Crippen LogP contribution in [0.25, 0.3) is 6.08 Å². The second-order valence-electron chi connectivity index (χ2n) is 6.93. The van der Waals surface area contributed by atoms with E-state index in [0.29, 0.717) is 5.75 Å². The van der Waals surface area contributed by atoms with Crippen LogP contribution in [0, 0.1) is 0 Å². The van der Waals surface area contributed by atoms with Gasteiger partial charge in [-0.15, -0.1) is 0 Å². The lowest BCUT2D eigenvalue weighted by Crippen LogP contribution is -2.37. The molecule has 3 heterocycles. The summed E-state index contributed by atoms with van der Waals surface area (Å²) in [4.78, 5) is 24.2. The van der Waals surface area contributed by atoms with Gasteiger partial charge in [0.2, 0.25) is 6.10 Å². The van der Waals surface area contributed by atoms with Crippen LogP contribution in [-0.4, -0.2) is 55.5 Å². The second-order valence-corrected chi connectivity index (χ2v) is 6.93. The Morgan fingerprint density at radius 3 is 2.56 bits per heavy atom. The van der Waals surface area contributed by atoms with Crippen molar-refractivity contribution in [3.05, 3.63) is 35.9 Å². The molecule has 3 aliphatic heterocycles. The van der Waals surface area contributed by atoms with Crippen LogP contribution < -0.4 is 4.74 Å². The van der Waals surface area contributed by atoms with E-state index >= 15 is 0 Å². The Kier molecular flexibility index (Phi) is 4.41. The number of carbonyl (C=O) groups excluding carboxylic acids is 2. The van der Waals surface area contributed by atoms with Gasteiger partial charge in [-0.05, 0) is 37.6 Å². The summed E-state index contributed by atoms with van der Waals surface area (Å²) in [5, 5.41) is 0. The normalized spacial score (nSPS) is 33.6. The van der Waals surface area contributed by atoms with Crippen molar-refractivity contribution in [1.29, 1.82) is 0 Å². The number of carbonyl (C=O) groups is 2. The maximum Gasteiger partial charge on any atom is 0.350 e. The van der Waals surface area contributed by atoms with E-state index in [1.807, 2.05) is 0 Å². The van der Waals surface area contributed by atoms with E-state index in [0.717, 1.165) is 5.56 Å². The van der Waals surface area contributed by atoms with Crippen molar-refractivity contribution in [3.63, 3.8) is 0 Å². The van der Waals surface area contributed by atoms with Gasteiger partial charge >= 0.3 is 11.9 Å². The largest absolute Gasteiger partial charge is 0.497 e. The number of rotatable bonds is 4. The third kappa shape index (κ3) is 3.43. The first-order chi connectivity index (χ1) is 12.9. The average molecular weight is 376 g/mol. The van der Waals surface area contributed by atoms with Crippen molar-refractivity contribution in [2.24, 2.45) is 0 Å². The number of hydrogen-bond donors (Lipinski definition) is 0. The molecule has 0 aromatic heterocycles. The van der Waals surface area contributed by atoms with Crippen LogP contribution >= 0.6 is 0 Å². The van der Waals surface area contributed by atoms with Gasteiger partial charge < -0.3 is 28.4 Å². The summed E-state index contributed by atoms with van der Waals surface area (Å²) in [7, 11) is 1.58. The zero-order chi connectivity index (χ0) is 19.2. The van der Waals surface area contributed by atoms with Gasteiger partial charge in [0.15, 0.2) is 24.3 Å². The van der Waals surface area contributed by atoms with Gasteiger partial charge in [-0.1, -0.05) is 12.1 Å². The van der Waals surface area contributed by atoms with Crippen LogP contribution in [0.4, 0.5) is 0 Å². The van der Waals surface area contributed by atoms with Crippen molar-refractivity contribution < 1.29 is 38.0 Å². The highest BCUT2D eigenvalue weighted by molar-refractivity contribution is 5.90. The molecule has 3 fully saturated rings. The fourth-order valence-electron chi connectivity index (χ4n) is 3.38. The molecule has 3 aliphatic rings. The molecule has 0 bridgehead atoms. The SMILES string of the molecule is COc1ccc(C=CC(=O)OC2C(=O)OC3C4OC(C)(C)OC4OC23)cc1. The maximum atomic E-state index is 12.1. The first-order valence-electron chi connectivity index (χ1n) is 8.61. The predicted molar refractivity (Wildman–Crippen MR) is 90.5 cm³/mol. The lowest BCUT2D eigenvalue weighted by atomic mass is 10.1. The minimum absolute atomic E-state index is 0.535. The zero-order valence-electron chi connectivity index (χ0n) is 15.1. The zero-order valence-corrected chi connectivity index (χ0v) is 15.1. The highest BCUT2D eigenvalue weighted by Gasteiger charge is 2.64. The molecule has 27 heavy (non-hydrogen) atoms. The van der Waals surface area contributed by atoms with Crippen LogP contribution in [0.5, 0.6) is 5.75 Å². The van der Waals surface area contributed by atoms with Gasteiger partial charge in [-0.3, -0.25) is 0 Å². The Hall–Kier alpha value is -2.42. The van der Waals surface area contributed by atoms with E-state index in [4.69, 9.17) is 28.4 Å².